The van der Waals surface area contributed by atoms with Crippen LogP contribution in [0.5, 0.6) is 0 Å². The SMILES string of the molecule is CNC(C)c1ccc(NC(=O)N(C)CCCOC)cc1. The average Bonchev–Trinajstić information content (AvgIpc) is 2.47. The minimum atomic E-state index is -0.101. The fourth-order valence-corrected chi connectivity index (χ4v) is 1.79. The Morgan fingerprint density at radius 2 is 2.00 bits per heavy atom. The normalized spacial score (nSPS) is 12.0. The quantitative estimate of drug-likeness (QED) is 0.754. The first-order chi connectivity index (χ1) is 9.58. The van der Waals surface area contributed by atoms with E-state index in [0.29, 0.717) is 19.2 Å². The van der Waals surface area contributed by atoms with E-state index in [4.69, 9.17) is 4.74 Å². The van der Waals surface area contributed by atoms with E-state index in [2.05, 4.69) is 17.6 Å². The number of anilines is 1. The van der Waals surface area contributed by atoms with Crippen molar-refractivity contribution in [2.45, 2.75) is 19.4 Å². The van der Waals surface area contributed by atoms with Gasteiger partial charge >= 0.3 is 6.03 Å². The van der Waals surface area contributed by atoms with Gasteiger partial charge < -0.3 is 20.3 Å². The molecule has 1 aromatic rings. The number of hydrogen-bond acceptors (Lipinski definition) is 3. The van der Waals surface area contributed by atoms with E-state index in [1.807, 2.05) is 31.3 Å². The number of amides is 2. The second kappa shape index (κ2) is 8.55. The lowest BCUT2D eigenvalue weighted by atomic mass is 10.1. The maximum absolute atomic E-state index is 11.9. The zero-order valence-electron chi connectivity index (χ0n) is 12.8. The molecule has 0 fully saturated rings. The van der Waals surface area contributed by atoms with Crippen LogP contribution in [0.15, 0.2) is 24.3 Å². The molecule has 2 N–H and O–H groups in total. The van der Waals surface area contributed by atoms with Gasteiger partial charge in [0.1, 0.15) is 0 Å². The summed E-state index contributed by atoms with van der Waals surface area (Å²) in [6.07, 6.45) is 0.832. The molecule has 0 saturated carbocycles. The zero-order valence-corrected chi connectivity index (χ0v) is 12.8. The molecule has 1 atom stereocenters. The summed E-state index contributed by atoms with van der Waals surface area (Å²) in [6, 6.07) is 8.07. The molecule has 0 bridgehead atoms. The minimum absolute atomic E-state index is 0.101. The summed E-state index contributed by atoms with van der Waals surface area (Å²) in [5.74, 6) is 0. The molecular formula is C15H25N3O2. The highest BCUT2D eigenvalue weighted by Crippen LogP contribution is 2.15. The summed E-state index contributed by atoms with van der Waals surface area (Å²) in [7, 11) is 5.37. The van der Waals surface area contributed by atoms with Crippen LogP contribution >= 0.6 is 0 Å². The van der Waals surface area contributed by atoms with Gasteiger partial charge in [-0.3, -0.25) is 0 Å². The van der Waals surface area contributed by atoms with E-state index in [1.54, 1.807) is 19.1 Å². The number of methoxy groups -OCH3 is 1. The molecule has 0 aliphatic carbocycles. The van der Waals surface area contributed by atoms with Crippen molar-refractivity contribution >= 4 is 11.7 Å². The third kappa shape index (κ3) is 5.19. The van der Waals surface area contributed by atoms with Crippen LogP contribution in [0.25, 0.3) is 0 Å². The molecule has 112 valence electrons. The summed E-state index contributed by atoms with van der Waals surface area (Å²) < 4.78 is 4.97. The predicted molar refractivity (Wildman–Crippen MR) is 82.1 cm³/mol. The first kappa shape index (κ1) is 16.5. The van der Waals surface area contributed by atoms with Crippen molar-refractivity contribution in [2.24, 2.45) is 0 Å². The topological polar surface area (TPSA) is 53.6 Å². The van der Waals surface area contributed by atoms with E-state index in [1.165, 1.54) is 5.56 Å². The Hall–Kier alpha value is -1.59. The highest BCUT2D eigenvalue weighted by Gasteiger charge is 2.08. The molecule has 0 spiro atoms. The molecule has 0 aliphatic heterocycles. The Kier molecular flexibility index (Phi) is 7.04. The number of nitrogens with one attached hydrogen (secondary N) is 2. The van der Waals surface area contributed by atoms with Gasteiger partial charge in [-0.2, -0.15) is 0 Å². The summed E-state index contributed by atoms with van der Waals surface area (Å²) in [6.45, 7) is 3.43. The van der Waals surface area contributed by atoms with E-state index in [9.17, 15) is 4.79 Å². The number of rotatable bonds is 7. The van der Waals surface area contributed by atoms with Crippen molar-refractivity contribution in [2.75, 3.05) is 39.7 Å². The molecule has 1 aromatic carbocycles. The third-order valence-electron chi connectivity index (χ3n) is 3.28. The smallest absolute Gasteiger partial charge is 0.321 e. The third-order valence-corrected chi connectivity index (χ3v) is 3.28. The molecule has 0 heterocycles. The molecule has 0 radical (unpaired) electrons. The van der Waals surface area contributed by atoms with Crippen LogP contribution in [-0.2, 0) is 4.74 Å². The molecule has 1 unspecified atom stereocenters. The first-order valence-corrected chi connectivity index (χ1v) is 6.86. The van der Waals surface area contributed by atoms with Crippen molar-refractivity contribution in [3.05, 3.63) is 29.8 Å². The number of ether oxygens (including phenoxy) is 1. The lowest BCUT2D eigenvalue weighted by Crippen LogP contribution is -2.32. The molecular weight excluding hydrogens is 254 g/mol. The molecule has 0 aromatic heterocycles. The van der Waals surface area contributed by atoms with E-state index in [0.717, 1.165) is 12.1 Å². The highest BCUT2D eigenvalue weighted by molar-refractivity contribution is 5.89. The van der Waals surface area contributed by atoms with Gasteiger partial charge in [0.05, 0.1) is 0 Å². The van der Waals surface area contributed by atoms with E-state index >= 15 is 0 Å². The largest absolute Gasteiger partial charge is 0.385 e. The van der Waals surface area contributed by atoms with Crippen molar-refractivity contribution < 1.29 is 9.53 Å². The van der Waals surface area contributed by atoms with Crippen LogP contribution in [-0.4, -0.2) is 45.3 Å². The van der Waals surface area contributed by atoms with Crippen LogP contribution in [0.2, 0.25) is 0 Å². The Morgan fingerprint density at radius 1 is 1.35 bits per heavy atom. The summed E-state index contributed by atoms with van der Waals surface area (Å²) in [5, 5.41) is 6.06. The fourth-order valence-electron chi connectivity index (χ4n) is 1.79. The van der Waals surface area contributed by atoms with Gasteiger partial charge in [-0.25, -0.2) is 4.79 Å². The van der Waals surface area contributed by atoms with Crippen molar-refractivity contribution in [1.82, 2.24) is 10.2 Å². The minimum Gasteiger partial charge on any atom is -0.385 e. The van der Waals surface area contributed by atoms with Crippen molar-refractivity contribution in [3.63, 3.8) is 0 Å². The van der Waals surface area contributed by atoms with Gasteiger partial charge in [-0.1, -0.05) is 12.1 Å². The van der Waals surface area contributed by atoms with Gasteiger partial charge in [0, 0.05) is 39.0 Å². The Morgan fingerprint density at radius 3 is 2.55 bits per heavy atom. The standard InChI is InChI=1S/C15H25N3O2/c1-12(16-2)13-6-8-14(9-7-13)17-15(19)18(3)10-5-11-20-4/h6-9,12,16H,5,10-11H2,1-4H3,(H,17,19). The number of hydrogen-bond donors (Lipinski definition) is 2. The van der Waals surface area contributed by atoms with Crippen LogP contribution in [0.4, 0.5) is 10.5 Å². The van der Waals surface area contributed by atoms with Crippen LogP contribution in [0, 0.1) is 0 Å². The number of carbonyl (C=O) groups is 1. The van der Waals surface area contributed by atoms with Crippen LogP contribution in [0.1, 0.15) is 24.9 Å². The molecule has 5 heteroatoms. The highest BCUT2D eigenvalue weighted by atomic mass is 16.5. The zero-order chi connectivity index (χ0) is 15.0. The van der Waals surface area contributed by atoms with Crippen LogP contribution < -0.4 is 10.6 Å². The summed E-state index contributed by atoms with van der Waals surface area (Å²) in [4.78, 5) is 13.6. The molecule has 5 nitrogen and oxygen atoms in total. The van der Waals surface area contributed by atoms with E-state index < -0.39 is 0 Å². The summed E-state index contributed by atoms with van der Waals surface area (Å²) in [5.41, 5.74) is 2.00. The molecule has 0 aliphatic rings. The van der Waals surface area contributed by atoms with Gasteiger partial charge in [-0.15, -0.1) is 0 Å². The second-order valence-electron chi connectivity index (χ2n) is 4.83. The van der Waals surface area contributed by atoms with Crippen molar-refractivity contribution in [3.8, 4) is 0 Å². The maximum Gasteiger partial charge on any atom is 0.321 e. The fraction of sp³-hybridized carbons (Fsp3) is 0.533. The van der Waals surface area contributed by atoms with Crippen molar-refractivity contribution in [1.29, 1.82) is 0 Å². The molecule has 1 rings (SSSR count). The van der Waals surface area contributed by atoms with Gasteiger partial charge in [0.25, 0.3) is 0 Å². The molecule has 20 heavy (non-hydrogen) atoms. The maximum atomic E-state index is 11.9. The number of benzene rings is 1. The second-order valence-corrected chi connectivity index (χ2v) is 4.83. The van der Waals surface area contributed by atoms with Gasteiger partial charge in [0.15, 0.2) is 0 Å². The molecule has 0 saturated heterocycles. The number of carbonyl (C=O) groups excluding carboxylic acids is 1. The van der Waals surface area contributed by atoms with Crippen LogP contribution in [0.3, 0.4) is 0 Å². The van der Waals surface area contributed by atoms with Gasteiger partial charge in [-0.05, 0) is 38.1 Å². The van der Waals surface area contributed by atoms with E-state index in [-0.39, 0.29) is 6.03 Å². The Bertz CT molecular complexity index is 406. The lowest BCUT2D eigenvalue weighted by molar-refractivity contribution is 0.179. The number of urea groups is 1. The van der Waals surface area contributed by atoms with Gasteiger partial charge in [0.2, 0.25) is 0 Å². The number of nitrogens with zero attached hydrogens (tertiary/aromatic N) is 1. The lowest BCUT2D eigenvalue weighted by Gasteiger charge is -2.18. The first-order valence-electron chi connectivity index (χ1n) is 6.86. The Balaban J connectivity index is 2.49. The molecule has 2 amide bonds. The predicted octanol–water partition coefficient (Wildman–Crippen LogP) is 2.47. The Labute approximate surface area is 121 Å². The monoisotopic (exact) mass is 279 g/mol. The average molecular weight is 279 g/mol. The summed E-state index contributed by atoms with van der Waals surface area (Å²) >= 11 is 0.